The van der Waals surface area contributed by atoms with E-state index in [9.17, 15) is 4.79 Å². The molecule has 1 aromatic heterocycles. The highest BCUT2D eigenvalue weighted by atomic mass is 16.5. The van der Waals surface area contributed by atoms with Crippen molar-refractivity contribution in [3.63, 3.8) is 0 Å². The third-order valence-electron chi connectivity index (χ3n) is 3.65. The highest BCUT2D eigenvalue weighted by Gasteiger charge is 2.14. The van der Waals surface area contributed by atoms with Crippen LogP contribution in [-0.4, -0.2) is 48.2 Å². The van der Waals surface area contributed by atoms with E-state index >= 15 is 0 Å². The summed E-state index contributed by atoms with van der Waals surface area (Å²) >= 11 is 0. The molecule has 20 heavy (non-hydrogen) atoms. The minimum Gasteiger partial charge on any atom is -0.489 e. The van der Waals surface area contributed by atoms with E-state index < -0.39 is 0 Å². The summed E-state index contributed by atoms with van der Waals surface area (Å²) in [4.78, 5) is 20.7. The second-order valence-electron chi connectivity index (χ2n) is 5.46. The number of ether oxygens (including phenoxy) is 1. The second-order valence-corrected chi connectivity index (χ2v) is 5.46. The lowest BCUT2D eigenvalue weighted by atomic mass is 10.1. The summed E-state index contributed by atoms with van der Waals surface area (Å²) in [5.41, 5.74) is -0.256. The van der Waals surface area contributed by atoms with Crippen LogP contribution in [0.4, 0.5) is 5.82 Å². The molecule has 1 fully saturated rings. The first-order chi connectivity index (χ1) is 9.70. The van der Waals surface area contributed by atoms with Gasteiger partial charge < -0.3 is 19.9 Å². The number of anilines is 1. The fourth-order valence-corrected chi connectivity index (χ4v) is 2.62. The summed E-state index contributed by atoms with van der Waals surface area (Å²) in [5, 5.41) is 3.21. The molecule has 1 aliphatic heterocycles. The van der Waals surface area contributed by atoms with Crippen molar-refractivity contribution in [1.29, 1.82) is 0 Å². The Hall–Kier alpha value is -1.56. The van der Waals surface area contributed by atoms with Crippen molar-refractivity contribution in [2.45, 2.75) is 26.2 Å². The topological polar surface area (TPSA) is 70.2 Å². The van der Waals surface area contributed by atoms with E-state index in [4.69, 9.17) is 4.74 Å². The van der Waals surface area contributed by atoms with Gasteiger partial charge in [0, 0.05) is 13.1 Å². The molecule has 0 aliphatic carbocycles. The maximum absolute atomic E-state index is 11.6. The van der Waals surface area contributed by atoms with Gasteiger partial charge in [0.2, 0.25) is 5.75 Å². The molecule has 1 aliphatic rings. The number of hydrogen-bond donors (Lipinski definition) is 2. The molecule has 112 valence electrons. The Morgan fingerprint density at radius 3 is 2.90 bits per heavy atom. The van der Waals surface area contributed by atoms with Crippen LogP contribution in [0.2, 0.25) is 0 Å². The molecule has 6 nitrogen and oxygen atoms in total. The first-order valence-corrected chi connectivity index (χ1v) is 7.28. The Labute approximate surface area is 119 Å². The lowest BCUT2D eigenvalue weighted by Gasteiger charge is -2.29. The van der Waals surface area contributed by atoms with Gasteiger partial charge in [0.15, 0.2) is 5.82 Å². The lowest BCUT2D eigenvalue weighted by Crippen LogP contribution is -2.35. The number of methoxy groups -OCH3 is 1. The summed E-state index contributed by atoms with van der Waals surface area (Å²) in [6.45, 7) is 6.48. The number of hydrogen-bond acceptors (Lipinski definition) is 5. The lowest BCUT2D eigenvalue weighted by molar-refractivity contribution is 0.204. The van der Waals surface area contributed by atoms with Crippen LogP contribution in [0, 0.1) is 5.92 Å². The maximum atomic E-state index is 11.6. The van der Waals surface area contributed by atoms with Gasteiger partial charge in [-0.25, -0.2) is 4.98 Å². The molecule has 0 bridgehead atoms. The van der Waals surface area contributed by atoms with Crippen LogP contribution < -0.4 is 15.6 Å². The Bertz CT molecular complexity index is 468. The van der Waals surface area contributed by atoms with Gasteiger partial charge in [-0.05, 0) is 31.8 Å². The minimum atomic E-state index is -0.256. The van der Waals surface area contributed by atoms with Crippen LogP contribution in [-0.2, 0) is 0 Å². The zero-order valence-corrected chi connectivity index (χ0v) is 12.3. The van der Waals surface area contributed by atoms with Crippen molar-refractivity contribution < 1.29 is 4.74 Å². The Balaban J connectivity index is 1.85. The van der Waals surface area contributed by atoms with Crippen LogP contribution in [0.1, 0.15) is 26.2 Å². The van der Waals surface area contributed by atoms with E-state index in [1.807, 2.05) is 0 Å². The molecule has 0 saturated carbocycles. The van der Waals surface area contributed by atoms with E-state index in [0.29, 0.717) is 11.7 Å². The second kappa shape index (κ2) is 7.28. The fraction of sp³-hybridized carbons (Fsp3) is 0.714. The van der Waals surface area contributed by atoms with Gasteiger partial charge in [0.05, 0.1) is 13.4 Å². The molecule has 1 atom stereocenters. The molecule has 2 N–H and O–H groups in total. The number of piperidine rings is 1. The van der Waals surface area contributed by atoms with E-state index in [1.54, 1.807) is 0 Å². The quantitative estimate of drug-likeness (QED) is 0.822. The summed E-state index contributed by atoms with van der Waals surface area (Å²) in [7, 11) is 1.48. The van der Waals surface area contributed by atoms with Crippen LogP contribution in [0.3, 0.4) is 0 Å². The Morgan fingerprint density at radius 2 is 2.20 bits per heavy atom. The van der Waals surface area contributed by atoms with Gasteiger partial charge in [-0.3, -0.25) is 4.79 Å². The van der Waals surface area contributed by atoms with Crippen LogP contribution >= 0.6 is 0 Å². The van der Waals surface area contributed by atoms with Crippen LogP contribution in [0.5, 0.6) is 5.75 Å². The Kier molecular flexibility index (Phi) is 5.40. The van der Waals surface area contributed by atoms with Gasteiger partial charge in [0.25, 0.3) is 5.56 Å². The number of nitrogens with zero attached hydrogens (tertiary/aromatic N) is 2. The van der Waals surface area contributed by atoms with Crippen LogP contribution in [0.25, 0.3) is 0 Å². The number of likely N-dealkylation sites (tertiary alicyclic amines) is 1. The van der Waals surface area contributed by atoms with Crippen molar-refractivity contribution >= 4 is 5.82 Å². The normalized spacial score (nSPS) is 17.7. The predicted octanol–water partition coefficient (Wildman–Crippen LogP) is 1.31. The standard InChI is InChI=1S/C14H24N4O2/c1-11(9-18-6-4-3-5-7-18)8-15-13-12(20-2)14(19)17-10-16-13/h10-11H,3-9H2,1-2H3,(H2,15,16,17,19). The zero-order chi connectivity index (χ0) is 14.4. The molecule has 0 spiro atoms. The van der Waals surface area contributed by atoms with E-state index in [-0.39, 0.29) is 11.3 Å². The zero-order valence-electron chi connectivity index (χ0n) is 12.3. The van der Waals surface area contributed by atoms with E-state index in [2.05, 4.69) is 27.1 Å². The maximum Gasteiger partial charge on any atom is 0.295 e. The number of rotatable bonds is 6. The molecule has 0 amide bonds. The number of aromatic nitrogens is 2. The summed E-state index contributed by atoms with van der Waals surface area (Å²) in [6.07, 6.45) is 5.37. The van der Waals surface area contributed by atoms with Gasteiger partial charge in [-0.1, -0.05) is 13.3 Å². The molecule has 2 rings (SSSR count). The summed E-state index contributed by atoms with van der Waals surface area (Å²) in [6, 6.07) is 0. The molecular weight excluding hydrogens is 256 g/mol. The fourth-order valence-electron chi connectivity index (χ4n) is 2.62. The average Bonchev–Trinajstić information content (AvgIpc) is 2.46. The van der Waals surface area contributed by atoms with Gasteiger partial charge in [-0.15, -0.1) is 0 Å². The molecule has 1 saturated heterocycles. The molecule has 1 unspecified atom stereocenters. The number of H-pyrrole nitrogens is 1. The minimum absolute atomic E-state index is 0.248. The first-order valence-electron chi connectivity index (χ1n) is 7.28. The number of nitrogens with one attached hydrogen (secondary N) is 2. The molecule has 0 aromatic carbocycles. The first kappa shape index (κ1) is 14.8. The van der Waals surface area contributed by atoms with Crippen molar-refractivity contribution in [3.8, 4) is 5.75 Å². The highest BCUT2D eigenvalue weighted by Crippen LogP contribution is 2.16. The summed E-state index contributed by atoms with van der Waals surface area (Å²) in [5.74, 6) is 1.26. The monoisotopic (exact) mass is 280 g/mol. The Morgan fingerprint density at radius 1 is 1.45 bits per heavy atom. The van der Waals surface area contributed by atoms with Crippen LogP contribution in [0.15, 0.2) is 11.1 Å². The van der Waals surface area contributed by atoms with E-state index in [0.717, 1.165) is 13.1 Å². The molecule has 2 heterocycles. The smallest absolute Gasteiger partial charge is 0.295 e. The summed E-state index contributed by atoms with van der Waals surface area (Å²) < 4.78 is 5.08. The van der Waals surface area contributed by atoms with Crippen molar-refractivity contribution in [2.75, 3.05) is 38.6 Å². The van der Waals surface area contributed by atoms with Crippen molar-refractivity contribution in [2.24, 2.45) is 5.92 Å². The van der Waals surface area contributed by atoms with E-state index in [1.165, 1.54) is 45.8 Å². The largest absolute Gasteiger partial charge is 0.489 e. The predicted molar refractivity (Wildman–Crippen MR) is 79.4 cm³/mol. The van der Waals surface area contributed by atoms with Crippen molar-refractivity contribution in [1.82, 2.24) is 14.9 Å². The van der Waals surface area contributed by atoms with Gasteiger partial charge >= 0.3 is 0 Å². The van der Waals surface area contributed by atoms with Gasteiger partial charge in [0.1, 0.15) is 0 Å². The molecule has 1 aromatic rings. The highest BCUT2D eigenvalue weighted by molar-refractivity contribution is 5.47. The average molecular weight is 280 g/mol. The van der Waals surface area contributed by atoms with Gasteiger partial charge in [-0.2, -0.15) is 0 Å². The molecule has 6 heteroatoms. The number of aromatic amines is 1. The molecule has 0 radical (unpaired) electrons. The van der Waals surface area contributed by atoms with Crippen molar-refractivity contribution in [3.05, 3.63) is 16.7 Å². The third-order valence-corrected chi connectivity index (χ3v) is 3.65. The molecular formula is C14H24N4O2. The SMILES string of the molecule is COc1c(NCC(C)CN2CCCCC2)nc[nH]c1=O. The third kappa shape index (κ3) is 3.96.